The van der Waals surface area contributed by atoms with E-state index in [1.807, 2.05) is 0 Å². The Labute approximate surface area is 100 Å². The average Bonchev–Trinajstić information content (AvgIpc) is 2.39. The Bertz CT molecular complexity index is 402. The van der Waals surface area contributed by atoms with Gasteiger partial charge in [-0.05, 0) is 19.8 Å². The van der Waals surface area contributed by atoms with E-state index in [2.05, 4.69) is 15.2 Å². The first-order valence-corrected chi connectivity index (χ1v) is 6.11. The van der Waals surface area contributed by atoms with E-state index in [0.29, 0.717) is 11.7 Å². The molecule has 1 aliphatic rings. The van der Waals surface area contributed by atoms with E-state index in [1.165, 1.54) is 19.3 Å². The van der Waals surface area contributed by atoms with E-state index in [9.17, 15) is 4.79 Å². The highest BCUT2D eigenvalue weighted by atomic mass is 16.4. The molecule has 0 amide bonds. The summed E-state index contributed by atoms with van der Waals surface area (Å²) in [7, 11) is 0. The summed E-state index contributed by atoms with van der Waals surface area (Å²) >= 11 is 0. The fraction of sp³-hybridized carbons (Fsp3) is 0.667. The van der Waals surface area contributed by atoms with Crippen LogP contribution in [0.4, 0.5) is 0 Å². The number of aromatic nitrogens is 3. The lowest BCUT2D eigenvalue weighted by molar-refractivity contribution is -0.138. The number of hydrogen-bond donors (Lipinski definition) is 1. The zero-order chi connectivity index (χ0) is 12.3. The van der Waals surface area contributed by atoms with Gasteiger partial charge in [0.1, 0.15) is 5.92 Å². The predicted octanol–water partition coefficient (Wildman–Crippen LogP) is 2.11. The summed E-state index contributed by atoms with van der Waals surface area (Å²) < 4.78 is 0. The molecule has 92 valence electrons. The second-order valence-electron chi connectivity index (χ2n) is 4.63. The number of carboxylic acid groups (broad SMARTS) is 1. The second-order valence-corrected chi connectivity index (χ2v) is 4.63. The first-order valence-electron chi connectivity index (χ1n) is 6.11. The Hall–Kier alpha value is -1.52. The van der Waals surface area contributed by atoms with Crippen molar-refractivity contribution in [3.8, 4) is 0 Å². The zero-order valence-corrected chi connectivity index (χ0v) is 9.96. The first-order chi connectivity index (χ1) is 8.18. The van der Waals surface area contributed by atoms with Crippen molar-refractivity contribution in [2.24, 2.45) is 0 Å². The van der Waals surface area contributed by atoms with Gasteiger partial charge >= 0.3 is 5.97 Å². The summed E-state index contributed by atoms with van der Waals surface area (Å²) in [5.41, 5.74) is 0.905. The van der Waals surface area contributed by atoms with Gasteiger partial charge in [-0.15, -0.1) is 5.10 Å². The molecule has 0 aromatic carbocycles. The van der Waals surface area contributed by atoms with Crippen molar-refractivity contribution in [1.82, 2.24) is 15.2 Å². The molecule has 1 fully saturated rings. The van der Waals surface area contributed by atoms with Gasteiger partial charge < -0.3 is 5.11 Å². The Morgan fingerprint density at radius 2 is 2.12 bits per heavy atom. The highest BCUT2D eigenvalue weighted by Gasteiger charge is 2.21. The van der Waals surface area contributed by atoms with E-state index in [-0.39, 0.29) is 0 Å². The number of hydrogen-bond acceptors (Lipinski definition) is 4. The van der Waals surface area contributed by atoms with Crippen LogP contribution in [0.2, 0.25) is 0 Å². The van der Waals surface area contributed by atoms with Crippen molar-refractivity contribution in [3.63, 3.8) is 0 Å². The Balaban J connectivity index is 2.18. The van der Waals surface area contributed by atoms with Crippen molar-refractivity contribution < 1.29 is 9.90 Å². The van der Waals surface area contributed by atoms with Crippen molar-refractivity contribution >= 4 is 5.97 Å². The zero-order valence-electron chi connectivity index (χ0n) is 9.96. The van der Waals surface area contributed by atoms with E-state index in [1.54, 1.807) is 13.1 Å². The summed E-state index contributed by atoms with van der Waals surface area (Å²) in [5.74, 6) is -0.849. The van der Waals surface area contributed by atoms with E-state index < -0.39 is 11.9 Å². The molecular weight excluding hydrogens is 218 g/mol. The molecule has 1 heterocycles. The van der Waals surface area contributed by atoms with Gasteiger partial charge in [-0.3, -0.25) is 4.79 Å². The average molecular weight is 235 g/mol. The van der Waals surface area contributed by atoms with Crippen LogP contribution in [-0.4, -0.2) is 26.3 Å². The molecule has 1 saturated carbocycles. The monoisotopic (exact) mass is 235 g/mol. The second kappa shape index (κ2) is 5.21. The van der Waals surface area contributed by atoms with Crippen LogP contribution < -0.4 is 0 Å². The number of nitrogens with zero attached hydrogens (tertiary/aromatic N) is 3. The molecule has 1 aromatic rings. The smallest absolute Gasteiger partial charge is 0.314 e. The van der Waals surface area contributed by atoms with Crippen LogP contribution in [0, 0.1) is 0 Å². The fourth-order valence-corrected chi connectivity index (χ4v) is 2.22. The van der Waals surface area contributed by atoms with Crippen molar-refractivity contribution in [3.05, 3.63) is 17.7 Å². The highest BCUT2D eigenvalue weighted by Crippen LogP contribution is 2.31. The van der Waals surface area contributed by atoms with Gasteiger partial charge in [-0.25, -0.2) is 4.98 Å². The third-order valence-electron chi connectivity index (χ3n) is 3.38. The highest BCUT2D eigenvalue weighted by molar-refractivity contribution is 5.74. The molecule has 0 bridgehead atoms. The summed E-state index contributed by atoms with van der Waals surface area (Å²) in [6, 6.07) is 0. The number of carboxylic acids is 1. The van der Waals surface area contributed by atoms with Crippen LogP contribution in [0.25, 0.3) is 0 Å². The maximum atomic E-state index is 10.9. The molecular formula is C12H17N3O2. The summed E-state index contributed by atoms with van der Waals surface area (Å²) in [6.07, 6.45) is 7.65. The third kappa shape index (κ3) is 2.78. The molecule has 5 heteroatoms. The molecule has 1 N–H and O–H groups in total. The lowest BCUT2D eigenvalue weighted by Crippen LogP contribution is -2.15. The molecule has 5 nitrogen and oxygen atoms in total. The van der Waals surface area contributed by atoms with Crippen LogP contribution >= 0.6 is 0 Å². The molecule has 1 aliphatic carbocycles. The topological polar surface area (TPSA) is 76.0 Å². The molecule has 1 aromatic heterocycles. The van der Waals surface area contributed by atoms with Crippen LogP contribution in [0.5, 0.6) is 0 Å². The van der Waals surface area contributed by atoms with Crippen LogP contribution in [0.15, 0.2) is 6.20 Å². The summed E-state index contributed by atoms with van der Waals surface area (Å²) in [4.78, 5) is 15.2. The summed E-state index contributed by atoms with van der Waals surface area (Å²) in [5, 5.41) is 16.6. The largest absolute Gasteiger partial charge is 0.481 e. The van der Waals surface area contributed by atoms with E-state index in [0.717, 1.165) is 18.5 Å². The Morgan fingerprint density at radius 3 is 2.76 bits per heavy atom. The minimum absolute atomic E-state index is 0.320. The van der Waals surface area contributed by atoms with Crippen molar-refractivity contribution in [1.29, 1.82) is 0 Å². The maximum Gasteiger partial charge on any atom is 0.314 e. The van der Waals surface area contributed by atoms with E-state index in [4.69, 9.17) is 5.11 Å². The van der Waals surface area contributed by atoms with Gasteiger partial charge in [0.2, 0.25) is 0 Å². The molecule has 0 saturated heterocycles. The van der Waals surface area contributed by atoms with Gasteiger partial charge in [0.15, 0.2) is 5.82 Å². The van der Waals surface area contributed by atoms with Crippen LogP contribution in [-0.2, 0) is 4.79 Å². The Kier molecular flexibility index (Phi) is 3.66. The van der Waals surface area contributed by atoms with Gasteiger partial charge in [0.05, 0.1) is 11.9 Å². The van der Waals surface area contributed by atoms with Crippen molar-refractivity contribution in [2.75, 3.05) is 0 Å². The van der Waals surface area contributed by atoms with Gasteiger partial charge in [-0.2, -0.15) is 5.10 Å². The molecule has 1 unspecified atom stereocenters. The number of carbonyl (C=O) groups is 1. The van der Waals surface area contributed by atoms with Crippen molar-refractivity contribution in [2.45, 2.75) is 50.9 Å². The Morgan fingerprint density at radius 1 is 1.41 bits per heavy atom. The van der Waals surface area contributed by atoms with Crippen LogP contribution in [0.3, 0.4) is 0 Å². The predicted molar refractivity (Wildman–Crippen MR) is 61.7 cm³/mol. The van der Waals surface area contributed by atoms with Gasteiger partial charge in [0.25, 0.3) is 0 Å². The molecule has 0 aliphatic heterocycles. The number of aliphatic carboxylic acids is 1. The number of rotatable bonds is 3. The maximum absolute atomic E-state index is 10.9. The minimum Gasteiger partial charge on any atom is -0.481 e. The molecule has 17 heavy (non-hydrogen) atoms. The molecule has 0 spiro atoms. The van der Waals surface area contributed by atoms with Gasteiger partial charge in [-0.1, -0.05) is 19.3 Å². The quantitative estimate of drug-likeness (QED) is 0.868. The molecule has 2 rings (SSSR count). The molecule has 1 atom stereocenters. The fourth-order valence-electron chi connectivity index (χ4n) is 2.22. The standard InChI is InChI=1S/C12H17N3O2/c1-8(12(16)17)11-14-10(7-13-15-11)9-5-3-2-4-6-9/h7-9H,2-6H2,1H3,(H,16,17). The molecule has 0 radical (unpaired) electrons. The van der Waals surface area contributed by atoms with Crippen LogP contribution in [0.1, 0.15) is 62.4 Å². The van der Waals surface area contributed by atoms with Gasteiger partial charge in [0, 0.05) is 5.92 Å². The van der Waals surface area contributed by atoms with E-state index >= 15 is 0 Å². The first kappa shape index (κ1) is 12.0. The third-order valence-corrected chi connectivity index (χ3v) is 3.38. The minimum atomic E-state index is -0.910. The lowest BCUT2D eigenvalue weighted by atomic mass is 9.87. The summed E-state index contributed by atoms with van der Waals surface area (Å²) in [6.45, 7) is 1.59. The lowest BCUT2D eigenvalue weighted by Gasteiger charge is -2.20. The normalized spacial score (nSPS) is 18.9. The SMILES string of the molecule is CC(C(=O)O)c1nncc(C2CCCCC2)n1.